The van der Waals surface area contributed by atoms with Crippen molar-refractivity contribution in [1.29, 1.82) is 0 Å². The van der Waals surface area contributed by atoms with Gasteiger partial charge in [0.25, 0.3) is 5.56 Å². The maximum Gasteiger partial charge on any atom is 0.343 e. The predicted molar refractivity (Wildman–Crippen MR) is 121 cm³/mol. The zero-order valence-corrected chi connectivity index (χ0v) is 19.2. The number of pyridine rings is 2. The average Bonchev–Trinajstić information content (AvgIpc) is 3.25. The van der Waals surface area contributed by atoms with Crippen LogP contribution in [0.25, 0.3) is 22.3 Å². The van der Waals surface area contributed by atoms with E-state index in [1.807, 2.05) is 12.1 Å². The molecule has 0 amide bonds. The largest absolute Gasteiger partial charge is 0.469 e. The Labute approximate surface area is 199 Å². The SMILES string of the molecule is CC[C@@]1(O)C(=O)OCc2c1cc1n(c2=O)Cc2c-1nc1ccc(CCC(=O)OC)c3c1c2OCO3. The molecule has 180 valence electrons. The fraction of sp³-hybridized carbons (Fsp3) is 0.360. The third kappa shape index (κ3) is 2.92. The van der Waals surface area contributed by atoms with Crippen molar-refractivity contribution < 1.29 is 33.6 Å². The van der Waals surface area contributed by atoms with Gasteiger partial charge in [-0.15, -0.1) is 0 Å². The van der Waals surface area contributed by atoms with Crippen LogP contribution >= 0.6 is 0 Å². The summed E-state index contributed by atoms with van der Waals surface area (Å²) in [5.74, 6) is 0.0985. The Morgan fingerprint density at radius 1 is 1.20 bits per heavy atom. The summed E-state index contributed by atoms with van der Waals surface area (Å²) < 4.78 is 23.2. The minimum absolute atomic E-state index is 0.0204. The van der Waals surface area contributed by atoms with Crippen molar-refractivity contribution in [2.75, 3.05) is 13.9 Å². The number of ether oxygens (including phenoxy) is 4. The zero-order valence-electron chi connectivity index (χ0n) is 19.2. The Morgan fingerprint density at radius 3 is 2.77 bits per heavy atom. The minimum Gasteiger partial charge on any atom is -0.469 e. The molecule has 0 radical (unpaired) electrons. The molecular weight excluding hydrogens is 456 g/mol. The van der Waals surface area contributed by atoms with Crippen LogP contribution < -0.4 is 15.0 Å². The highest BCUT2D eigenvalue weighted by molar-refractivity contribution is 5.97. The van der Waals surface area contributed by atoms with Crippen LogP contribution in [0.15, 0.2) is 23.0 Å². The van der Waals surface area contributed by atoms with Crippen LogP contribution in [0.1, 0.15) is 42.0 Å². The molecule has 2 aromatic heterocycles. The van der Waals surface area contributed by atoms with E-state index in [0.717, 1.165) is 11.1 Å². The molecule has 0 aliphatic carbocycles. The summed E-state index contributed by atoms with van der Waals surface area (Å²) in [4.78, 5) is 42.3. The van der Waals surface area contributed by atoms with Crippen LogP contribution in [0.3, 0.4) is 0 Å². The molecule has 1 aromatic carbocycles. The number of carbonyl (C=O) groups excluding carboxylic acids is 2. The lowest BCUT2D eigenvalue weighted by molar-refractivity contribution is -0.172. The van der Waals surface area contributed by atoms with Crippen molar-refractivity contribution in [1.82, 2.24) is 9.55 Å². The number of aryl methyl sites for hydroxylation is 1. The van der Waals surface area contributed by atoms with Crippen LogP contribution in [-0.4, -0.2) is 40.5 Å². The molecule has 5 heterocycles. The number of aromatic nitrogens is 2. The van der Waals surface area contributed by atoms with E-state index in [1.54, 1.807) is 17.6 Å². The third-order valence-corrected chi connectivity index (χ3v) is 7.07. The van der Waals surface area contributed by atoms with Crippen molar-refractivity contribution in [3.8, 4) is 22.9 Å². The fourth-order valence-electron chi connectivity index (χ4n) is 5.15. The summed E-state index contributed by atoms with van der Waals surface area (Å²) in [5, 5.41) is 11.7. The molecule has 3 aliphatic rings. The number of fused-ring (bicyclic) bond motifs is 5. The van der Waals surface area contributed by atoms with E-state index < -0.39 is 11.6 Å². The molecule has 3 aromatic rings. The third-order valence-electron chi connectivity index (χ3n) is 7.07. The van der Waals surface area contributed by atoms with E-state index >= 15 is 0 Å². The number of cyclic esters (lactones) is 1. The summed E-state index contributed by atoms with van der Waals surface area (Å²) in [6.45, 7) is 1.68. The molecule has 0 spiro atoms. The highest BCUT2D eigenvalue weighted by Crippen LogP contribution is 2.47. The lowest BCUT2D eigenvalue weighted by Gasteiger charge is -2.31. The van der Waals surface area contributed by atoms with Crippen molar-refractivity contribution in [3.05, 3.63) is 50.8 Å². The zero-order chi connectivity index (χ0) is 24.5. The second-order valence-electron chi connectivity index (χ2n) is 8.80. The molecule has 35 heavy (non-hydrogen) atoms. The number of esters is 2. The number of methoxy groups -OCH3 is 1. The van der Waals surface area contributed by atoms with E-state index in [-0.39, 0.29) is 55.4 Å². The lowest BCUT2D eigenvalue weighted by Crippen LogP contribution is -2.44. The highest BCUT2D eigenvalue weighted by atomic mass is 16.7. The second-order valence-corrected chi connectivity index (χ2v) is 8.80. The monoisotopic (exact) mass is 478 g/mol. The summed E-state index contributed by atoms with van der Waals surface area (Å²) in [7, 11) is 1.35. The number of nitrogens with zero attached hydrogens (tertiary/aromatic N) is 2. The van der Waals surface area contributed by atoms with Gasteiger partial charge < -0.3 is 28.6 Å². The topological polar surface area (TPSA) is 126 Å². The van der Waals surface area contributed by atoms with Crippen molar-refractivity contribution in [2.45, 2.75) is 44.9 Å². The van der Waals surface area contributed by atoms with Crippen LogP contribution in [0.2, 0.25) is 0 Å². The van der Waals surface area contributed by atoms with E-state index in [2.05, 4.69) is 0 Å². The Kier molecular flexibility index (Phi) is 4.65. The van der Waals surface area contributed by atoms with Crippen LogP contribution in [0.4, 0.5) is 0 Å². The van der Waals surface area contributed by atoms with Gasteiger partial charge >= 0.3 is 11.9 Å². The molecule has 1 N–H and O–H groups in total. The normalized spacial score (nSPS) is 19.2. The summed E-state index contributed by atoms with van der Waals surface area (Å²) in [6.07, 6.45) is 0.716. The van der Waals surface area contributed by atoms with Crippen LogP contribution in [-0.2, 0) is 44.2 Å². The van der Waals surface area contributed by atoms with Gasteiger partial charge in [-0.2, -0.15) is 0 Å². The standard InChI is InChI=1S/C25H22N2O8/c1-3-25(31)15-8-17-20-13(9-27(17)23(29)14(15)10-33-24(25)30)22-19-16(26-20)6-4-12(5-7-18(28)32-2)21(19)34-11-35-22/h4,6,8,31H,3,5,7,9-11H2,1-2H3/t25-/m0/s1. The molecule has 1 atom stereocenters. The fourth-order valence-corrected chi connectivity index (χ4v) is 5.15. The Balaban J connectivity index is 1.54. The Bertz CT molecular complexity index is 1510. The Hall–Kier alpha value is -3.92. The van der Waals surface area contributed by atoms with Crippen molar-refractivity contribution in [2.24, 2.45) is 0 Å². The molecular formula is C25H22N2O8. The van der Waals surface area contributed by atoms with Gasteiger partial charge in [0.2, 0.25) is 6.79 Å². The van der Waals surface area contributed by atoms with Crippen LogP contribution in [0.5, 0.6) is 11.5 Å². The summed E-state index contributed by atoms with van der Waals surface area (Å²) in [6, 6.07) is 5.35. The van der Waals surface area contributed by atoms with Gasteiger partial charge in [-0.1, -0.05) is 13.0 Å². The number of hydrogen-bond donors (Lipinski definition) is 1. The van der Waals surface area contributed by atoms with E-state index in [9.17, 15) is 19.5 Å². The predicted octanol–water partition coefficient (Wildman–Crippen LogP) is 1.91. The van der Waals surface area contributed by atoms with Gasteiger partial charge in [0.15, 0.2) is 5.60 Å². The number of hydrogen-bond acceptors (Lipinski definition) is 9. The lowest BCUT2D eigenvalue weighted by atomic mass is 9.86. The van der Waals surface area contributed by atoms with Gasteiger partial charge in [0.1, 0.15) is 18.1 Å². The van der Waals surface area contributed by atoms with Gasteiger partial charge in [-0.3, -0.25) is 9.59 Å². The molecule has 6 rings (SSSR count). The Morgan fingerprint density at radius 2 is 2.00 bits per heavy atom. The van der Waals surface area contributed by atoms with Gasteiger partial charge in [0.05, 0.1) is 41.5 Å². The van der Waals surface area contributed by atoms with Crippen molar-refractivity contribution in [3.63, 3.8) is 0 Å². The average molecular weight is 478 g/mol. The van der Waals surface area contributed by atoms with Gasteiger partial charge in [-0.05, 0) is 30.5 Å². The van der Waals surface area contributed by atoms with Crippen molar-refractivity contribution >= 4 is 22.8 Å². The number of benzene rings is 1. The molecule has 0 fully saturated rings. The van der Waals surface area contributed by atoms with Gasteiger partial charge in [-0.25, -0.2) is 9.78 Å². The first kappa shape index (κ1) is 21.6. The first-order chi connectivity index (χ1) is 16.9. The number of aliphatic hydroxyl groups is 1. The highest BCUT2D eigenvalue weighted by Gasteiger charge is 2.45. The van der Waals surface area contributed by atoms with Crippen LogP contribution in [0, 0.1) is 0 Å². The first-order valence-corrected chi connectivity index (χ1v) is 11.4. The summed E-state index contributed by atoms with van der Waals surface area (Å²) in [5.41, 5.74) is 1.53. The quantitative estimate of drug-likeness (QED) is 0.438. The number of rotatable bonds is 4. The van der Waals surface area contributed by atoms with Gasteiger partial charge in [0, 0.05) is 17.5 Å². The molecule has 10 nitrogen and oxygen atoms in total. The first-order valence-electron chi connectivity index (χ1n) is 11.4. The number of carbonyl (C=O) groups is 2. The molecule has 0 saturated carbocycles. The molecule has 0 saturated heterocycles. The van der Waals surface area contributed by atoms with E-state index in [0.29, 0.717) is 40.2 Å². The van der Waals surface area contributed by atoms with E-state index in [4.69, 9.17) is 23.9 Å². The maximum absolute atomic E-state index is 13.4. The summed E-state index contributed by atoms with van der Waals surface area (Å²) >= 11 is 0. The second kappa shape index (κ2) is 7.54. The maximum atomic E-state index is 13.4. The molecule has 10 heteroatoms. The molecule has 0 unspecified atom stereocenters. The molecule has 0 bridgehead atoms. The minimum atomic E-state index is -1.89. The smallest absolute Gasteiger partial charge is 0.343 e. The molecule has 3 aliphatic heterocycles. The van der Waals surface area contributed by atoms with E-state index in [1.165, 1.54) is 7.11 Å².